The fourth-order valence-electron chi connectivity index (χ4n) is 1.80. The summed E-state index contributed by atoms with van der Waals surface area (Å²) in [6.07, 6.45) is 0. The molecule has 1 aromatic heterocycles. The highest BCUT2D eigenvalue weighted by Crippen LogP contribution is 2.28. The van der Waals surface area contributed by atoms with Crippen molar-refractivity contribution >= 4 is 28.5 Å². The first-order valence-corrected chi connectivity index (χ1v) is 7.10. The maximum Gasteiger partial charge on any atom is 0.159 e. The molecule has 0 aliphatic heterocycles. The molecule has 0 aliphatic carbocycles. The molecule has 98 valence electrons. The molecule has 2 rings (SSSR count). The van der Waals surface area contributed by atoms with Crippen molar-refractivity contribution in [2.24, 2.45) is 0 Å². The molecule has 0 aliphatic rings. The van der Waals surface area contributed by atoms with Crippen LogP contribution in [0.25, 0.3) is 11.0 Å². The zero-order valence-corrected chi connectivity index (χ0v) is 11.5. The highest BCUT2D eigenvalue weighted by molar-refractivity contribution is 7.99. The lowest BCUT2D eigenvalue weighted by atomic mass is 10.3. The van der Waals surface area contributed by atoms with Crippen molar-refractivity contribution in [2.75, 3.05) is 31.1 Å². The molecule has 1 aromatic carbocycles. The van der Waals surface area contributed by atoms with Gasteiger partial charge in [0.05, 0.1) is 5.69 Å². The molecule has 0 fully saturated rings. The molecular formula is C12H18N4OS. The number of benzene rings is 1. The van der Waals surface area contributed by atoms with Gasteiger partial charge in [0.15, 0.2) is 11.0 Å². The number of nitrogen functional groups attached to an aromatic ring is 1. The molecule has 6 heteroatoms. The first-order valence-electron chi connectivity index (χ1n) is 6.12. The van der Waals surface area contributed by atoms with E-state index in [1.54, 1.807) is 11.8 Å². The zero-order valence-electron chi connectivity index (χ0n) is 10.7. The third-order valence-corrected chi connectivity index (χ3v) is 4.00. The number of nitrogens with two attached hydrogens (primary N) is 1. The Hall–Kier alpha value is -1.27. The van der Waals surface area contributed by atoms with Gasteiger partial charge in [-0.25, -0.2) is 4.63 Å². The third-order valence-electron chi connectivity index (χ3n) is 2.97. The van der Waals surface area contributed by atoms with Crippen molar-refractivity contribution in [3.05, 3.63) is 12.1 Å². The standard InChI is InChI=1S/C12H18N4OS/c1-3-16(4-2)7-8-18-10-6-5-9(13)11-12(10)15-17-14-11/h5-6H,3-4,7-8,13H2,1-2H3. The normalized spacial score (nSPS) is 11.5. The molecule has 2 N–H and O–H groups in total. The Labute approximate surface area is 111 Å². The van der Waals surface area contributed by atoms with Crippen LogP contribution in [-0.2, 0) is 0 Å². The maximum atomic E-state index is 5.81. The predicted molar refractivity (Wildman–Crippen MR) is 74.7 cm³/mol. The molecule has 1 heterocycles. The minimum Gasteiger partial charge on any atom is -0.397 e. The first kappa shape index (κ1) is 13.2. The van der Waals surface area contributed by atoms with E-state index in [1.807, 2.05) is 12.1 Å². The van der Waals surface area contributed by atoms with Gasteiger partial charge in [0.25, 0.3) is 0 Å². The first-order chi connectivity index (χ1) is 8.76. The molecule has 18 heavy (non-hydrogen) atoms. The number of aromatic nitrogens is 2. The molecule has 0 radical (unpaired) electrons. The molecular weight excluding hydrogens is 248 g/mol. The van der Waals surface area contributed by atoms with Crippen molar-refractivity contribution in [1.82, 2.24) is 15.2 Å². The van der Waals surface area contributed by atoms with Crippen molar-refractivity contribution in [2.45, 2.75) is 18.7 Å². The van der Waals surface area contributed by atoms with Gasteiger partial charge in [-0.05, 0) is 35.5 Å². The Kier molecular flexibility index (Phi) is 4.43. The number of rotatable bonds is 6. The van der Waals surface area contributed by atoms with Gasteiger partial charge in [-0.3, -0.25) is 0 Å². The van der Waals surface area contributed by atoms with Crippen LogP contribution in [0.15, 0.2) is 21.7 Å². The summed E-state index contributed by atoms with van der Waals surface area (Å²) in [4.78, 5) is 3.47. The van der Waals surface area contributed by atoms with Gasteiger partial charge in [0.2, 0.25) is 0 Å². The summed E-state index contributed by atoms with van der Waals surface area (Å²) in [6.45, 7) is 7.59. The molecule has 0 saturated carbocycles. The Morgan fingerprint density at radius 2 is 1.94 bits per heavy atom. The maximum absolute atomic E-state index is 5.81. The lowest BCUT2D eigenvalue weighted by Gasteiger charge is -2.17. The van der Waals surface area contributed by atoms with Gasteiger partial charge in [-0.15, -0.1) is 11.8 Å². The van der Waals surface area contributed by atoms with Crippen LogP contribution in [0.3, 0.4) is 0 Å². The minimum absolute atomic E-state index is 0.611. The molecule has 0 amide bonds. The smallest absolute Gasteiger partial charge is 0.159 e. The predicted octanol–water partition coefficient (Wildman–Crippen LogP) is 2.24. The summed E-state index contributed by atoms with van der Waals surface area (Å²) in [6, 6.07) is 3.83. The van der Waals surface area contributed by atoms with Crippen LogP contribution >= 0.6 is 11.8 Å². The Balaban J connectivity index is 2.04. The second-order valence-electron chi connectivity index (χ2n) is 3.99. The van der Waals surface area contributed by atoms with Gasteiger partial charge < -0.3 is 10.6 Å². The summed E-state index contributed by atoms with van der Waals surface area (Å²) >= 11 is 1.76. The number of hydrogen-bond donors (Lipinski definition) is 1. The second-order valence-corrected chi connectivity index (χ2v) is 5.13. The highest BCUT2D eigenvalue weighted by atomic mass is 32.2. The highest BCUT2D eigenvalue weighted by Gasteiger charge is 2.10. The van der Waals surface area contributed by atoms with E-state index in [9.17, 15) is 0 Å². The molecule has 0 bridgehead atoms. The quantitative estimate of drug-likeness (QED) is 0.639. The lowest BCUT2D eigenvalue weighted by molar-refractivity contribution is 0.315. The van der Waals surface area contributed by atoms with E-state index in [-0.39, 0.29) is 0 Å². The number of thioether (sulfide) groups is 1. The van der Waals surface area contributed by atoms with Crippen molar-refractivity contribution < 1.29 is 4.63 Å². The van der Waals surface area contributed by atoms with E-state index in [2.05, 4.69) is 29.1 Å². The second kappa shape index (κ2) is 6.06. The average molecular weight is 266 g/mol. The Bertz CT molecular complexity index is 510. The van der Waals surface area contributed by atoms with Crippen LogP contribution in [-0.4, -0.2) is 40.6 Å². The number of hydrogen-bond acceptors (Lipinski definition) is 6. The van der Waals surface area contributed by atoms with Crippen LogP contribution in [0, 0.1) is 0 Å². The largest absolute Gasteiger partial charge is 0.397 e. The van der Waals surface area contributed by atoms with Crippen molar-refractivity contribution in [1.29, 1.82) is 0 Å². The topological polar surface area (TPSA) is 68.2 Å². The number of fused-ring (bicyclic) bond motifs is 1. The Morgan fingerprint density at radius 1 is 1.22 bits per heavy atom. The summed E-state index contributed by atoms with van der Waals surface area (Å²) in [5.74, 6) is 1.02. The third kappa shape index (κ3) is 2.76. The molecule has 0 spiro atoms. The van der Waals surface area contributed by atoms with Crippen LogP contribution < -0.4 is 5.73 Å². The van der Waals surface area contributed by atoms with Crippen molar-refractivity contribution in [3.63, 3.8) is 0 Å². The SMILES string of the molecule is CCN(CC)CCSc1ccc(N)c2nonc12. The molecule has 0 unspecified atom stereocenters. The fourth-order valence-corrected chi connectivity index (χ4v) is 2.81. The van der Waals surface area contributed by atoms with E-state index >= 15 is 0 Å². The van der Waals surface area contributed by atoms with E-state index in [0.717, 1.165) is 35.8 Å². The zero-order chi connectivity index (χ0) is 13.0. The van der Waals surface area contributed by atoms with Gasteiger partial charge in [-0.2, -0.15) is 0 Å². The van der Waals surface area contributed by atoms with Gasteiger partial charge in [0.1, 0.15) is 0 Å². The van der Waals surface area contributed by atoms with Crippen LogP contribution in [0.1, 0.15) is 13.8 Å². The number of nitrogens with zero attached hydrogens (tertiary/aromatic N) is 3. The van der Waals surface area contributed by atoms with Crippen molar-refractivity contribution in [3.8, 4) is 0 Å². The lowest BCUT2D eigenvalue weighted by Crippen LogP contribution is -2.25. The summed E-state index contributed by atoms with van der Waals surface area (Å²) in [5.41, 5.74) is 7.84. The molecule has 5 nitrogen and oxygen atoms in total. The Morgan fingerprint density at radius 3 is 2.67 bits per heavy atom. The van der Waals surface area contributed by atoms with Crippen LogP contribution in [0.5, 0.6) is 0 Å². The molecule has 0 atom stereocenters. The monoisotopic (exact) mass is 266 g/mol. The summed E-state index contributed by atoms with van der Waals surface area (Å²) in [7, 11) is 0. The van der Waals surface area contributed by atoms with E-state index in [4.69, 9.17) is 10.4 Å². The van der Waals surface area contributed by atoms with Gasteiger partial charge >= 0.3 is 0 Å². The number of anilines is 1. The van der Waals surface area contributed by atoms with E-state index < -0.39 is 0 Å². The van der Waals surface area contributed by atoms with Crippen LogP contribution in [0.4, 0.5) is 5.69 Å². The van der Waals surface area contributed by atoms with Gasteiger partial charge in [0, 0.05) is 17.2 Å². The van der Waals surface area contributed by atoms with E-state index in [1.165, 1.54) is 0 Å². The molecule has 2 aromatic rings. The summed E-state index contributed by atoms with van der Waals surface area (Å²) in [5, 5.41) is 7.74. The summed E-state index contributed by atoms with van der Waals surface area (Å²) < 4.78 is 4.75. The van der Waals surface area contributed by atoms with Gasteiger partial charge in [-0.1, -0.05) is 13.8 Å². The fraction of sp³-hybridized carbons (Fsp3) is 0.500. The molecule has 0 saturated heterocycles. The average Bonchev–Trinajstić information content (AvgIpc) is 2.87. The van der Waals surface area contributed by atoms with E-state index in [0.29, 0.717) is 11.2 Å². The minimum atomic E-state index is 0.611. The van der Waals surface area contributed by atoms with Crippen LogP contribution in [0.2, 0.25) is 0 Å².